The Kier molecular flexibility index (Phi) is 4.85. The molecule has 2 atom stereocenters. The zero-order chi connectivity index (χ0) is 10.7. The van der Waals surface area contributed by atoms with E-state index < -0.39 is 9.03 Å². The van der Waals surface area contributed by atoms with Gasteiger partial charge in [0.05, 0.1) is 6.10 Å². The van der Waals surface area contributed by atoms with Crippen molar-refractivity contribution in [3.05, 3.63) is 0 Å². The minimum Gasteiger partial charge on any atom is -0.352 e. The summed E-state index contributed by atoms with van der Waals surface area (Å²) in [6, 6.07) is 0. The molecule has 0 aliphatic carbocycles. The topological polar surface area (TPSA) is 29.5 Å². The summed E-state index contributed by atoms with van der Waals surface area (Å²) in [4.78, 5) is 8.80. The Bertz CT molecular complexity index is 144. The highest BCUT2D eigenvalue weighted by atomic mass is 31.1. The second kappa shape index (κ2) is 4.72. The minimum absolute atomic E-state index is 0.100. The molecule has 0 saturated carbocycles. The van der Waals surface area contributed by atoms with Crippen LogP contribution in [-0.2, 0) is 4.52 Å². The van der Waals surface area contributed by atoms with Crippen molar-refractivity contribution < 1.29 is 9.42 Å². The molecule has 3 heteroatoms. The minimum atomic E-state index is -0.402. The van der Waals surface area contributed by atoms with Crippen LogP contribution < -0.4 is 0 Å². The molecule has 0 aliphatic heterocycles. The first-order valence-corrected chi connectivity index (χ1v) is 5.57. The van der Waals surface area contributed by atoms with E-state index in [0.717, 1.165) is 6.42 Å². The van der Waals surface area contributed by atoms with Crippen molar-refractivity contribution in [3.8, 4) is 0 Å². The molecule has 2 unspecified atom stereocenters. The molecular formula is C10H23O2P. The molecule has 0 aromatic carbocycles. The van der Waals surface area contributed by atoms with Crippen LogP contribution in [0.5, 0.6) is 0 Å². The highest BCUT2D eigenvalue weighted by Crippen LogP contribution is 2.35. The van der Waals surface area contributed by atoms with Crippen LogP contribution in [0, 0.1) is 10.8 Å². The molecule has 0 amide bonds. The van der Waals surface area contributed by atoms with E-state index in [-0.39, 0.29) is 16.9 Å². The Balaban J connectivity index is 4.27. The Morgan fingerprint density at radius 3 is 1.85 bits per heavy atom. The Morgan fingerprint density at radius 1 is 1.15 bits per heavy atom. The fourth-order valence-electron chi connectivity index (χ4n) is 1.14. The van der Waals surface area contributed by atoms with E-state index in [1.807, 2.05) is 0 Å². The van der Waals surface area contributed by atoms with Crippen molar-refractivity contribution in [3.63, 3.8) is 0 Å². The summed E-state index contributed by atoms with van der Waals surface area (Å²) in [7, 11) is -0.402. The first-order chi connectivity index (χ1) is 5.67. The lowest BCUT2D eigenvalue weighted by Crippen LogP contribution is -2.31. The lowest BCUT2D eigenvalue weighted by molar-refractivity contribution is 0.0561. The third kappa shape index (κ3) is 6.42. The van der Waals surface area contributed by atoms with Crippen LogP contribution in [0.1, 0.15) is 48.0 Å². The number of hydrogen-bond acceptors (Lipinski definition) is 2. The normalized spacial score (nSPS) is 16.8. The monoisotopic (exact) mass is 206 g/mol. The van der Waals surface area contributed by atoms with Crippen molar-refractivity contribution in [2.75, 3.05) is 0 Å². The Hall–Kier alpha value is 0.350. The SMILES string of the molecule is CC(C)(C)CC(OPO)C(C)(C)C. The highest BCUT2D eigenvalue weighted by Gasteiger charge is 2.29. The first-order valence-electron chi connectivity index (χ1n) is 4.71. The van der Waals surface area contributed by atoms with E-state index in [9.17, 15) is 0 Å². The predicted molar refractivity (Wildman–Crippen MR) is 58.9 cm³/mol. The zero-order valence-corrected chi connectivity index (χ0v) is 10.6. The molecule has 0 aromatic heterocycles. The quantitative estimate of drug-likeness (QED) is 0.717. The standard InChI is InChI=1S/C10H23O2P/c1-9(2,3)7-8(12-13-11)10(4,5)6/h8,11,13H,7H2,1-6H3. The molecule has 0 aromatic rings. The van der Waals surface area contributed by atoms with Crippen molar-refractivity contribution in [2.45, 2.75) is 54.1 Å². The molecular weight excluding hydrogens is 183 g/mol. The van der Waals surface area contributed by atoms with Gasteiger partial charge in [-0.3, -0.25) is 0 Å². The van der Waals surface area contributed by atoms with Gasteiger partial charge in [-0.25, -0.2) is 0 Å². The van der Waals surface area contributed by atoms with E-state index in [2.05, 4.69) is 41.5 Å². The van der Waals surface area contributed by atoms with E-state index in [1.165, 1.54) is 0 Å². The molecule has 80 valence electrons. The summed E-state index contributed by atoms with van der Waals surface area (Å²) in [5, 5.41) is 0. The maximum absolute atomic E-state index is 8.80. The highest BCUT2D eigenvalue weighted by molar-refractivity contribution is 7.25. The fraction of sp³-hybridized carbons (Fsp3) is 1.00. The second-order valence-electron chi connectivity index (χ2n) is 5.83. The third-order valence-corrected chi connectivity index (χ3v) is 2.35. The lowest BCUT2D eigenvalue weighted by Gasteiger charge is -2.34. The molecule has 0 radical (unpaired) electrons. The molecule has 0 bridgehead atoms. The first kappa shape index (κ1) is 13.4. The summed E-state index contributed by atoms with van der Waals surface area (Å²) >= 11 is 0. The van der Waals surface area contributed by atoms with Crippen LogP contribution in [-0.4, -0.2) is 11.0 Å². The Labute approximate surface area is 84.0 Å². The Morgan fingerprint density at radius 2 is 1.62 bits per heavy atom. The molecule has 0 spiro atoms. The smallest absolute Gasteiger partial charge is 0.152 e. The predicted octanol–water partition coefficient (Wildman–Crippen LogP) is 3.35. The van der Waals surface area contributed by atoms with E-state index >= 15 is 0 Å². The average Bonchev–Trinajstić information content (AvgIpc) is 1.81. The third-order valence-electron chi connectivity index (χ3n) is 1.96. The summed E-state index contributed by atoms with van der Waals surface area (Å²) < 4.78 is 5.37. The van der Waals surface area contributed by atoms with Gasteiger partial charge in [0.25, 0.3) is 0 Å². The largest absolute Gasteiger partial charge is 0.352 e. The van der Waals surface area contributed by atoms with Gasteiger partial charge in [0.15, 0.2) is 9.03 Å². The summed E-state index contributed by atoms with van der Waals surface area (Å²) in [6.07, 6.45) is 1.11. The molecule has 0 rings (SSSR count). The van der Waals surface area contributed by atoms with Crippen LogP contribution in [0.15, 0.2) is 0 Å². The van der Waals surface area contributed by atoms with Gasteiger partial charge >= 0.3 is 0 Å². The van der Waals surface area contributed by atoms with Gasteiger partial charge in [-0.15, -0.1) is 0 Å². The van der Waals surface area contributed by atoms with Crippen LogP contribution in [0.25, 0.3) is 0 Å². The van der Waals surface area contributed by atoms with Crippen LogP contribution in [0.4, 0.5) is 0 Å². The fourth-order valence-corrected chi connectivity index (χ4v) is 1.71. The van der Waals surface area contributed by atoms with Gasteiger partial charge in [0.2, 0.25) is 0 Å². The molecule has 2 nitrogen and oxygen atoms in total. The van der Waals surface area contributed by atoms with E-state index in [4.69, 9.17) is 9.42 Å². The lowest BCUT2D eigenvalue weighted by atomic mass is 9.79. The summed E-state index contributed by atoms with van der Waals surface area (Å²) in [5.41, 5.74) is 0.348. The second-order valence-corrected chi connectivity index (χ2v) is 6.25. The van der Waals surface area contributed by atoms with Crippen molar-refractivity contribution >= 4 is 9.03 Å². The average molecular weight is 206 g/mol. The zero-order valence-electron chi connectivity index (χ0n) is 9.64. The van der Waals surface area contributed by atoms with Crippen molar-refractivity contribution in [2.24, 2.45) is 10.8 Å². The molecule has 1 N–H and O–H groups in total. The van der Waals surface area contributed by atoms with Crippen LogP contribution in [0.3, 0.4) is 0 Å². The molecule has 13 heavy (non-hydrogen) atoms. The number of rotatable bonds is 3. The van der Waals surface area contributed by atoms with E-state index in [0.29, 0.717) is 0 Å². The van der Waals surface area contributed by atoms with Crippen LogP contribution >= 0.6 is 9.03 Å². The van der Waals surface area contributed by atoms with Gasteiger partial charge in [-0.05, 0) is 17.3 Å². The maximum Gasteiger partial charge on any atom is 0.152 e. The molecule has 0 saturated heterocycles. The summed E-state index contributed by atoms with van der Waals surface area (Å²) in [5.74, 6) is 0. The molecule has 0 heterocycles. The maximum atomic E-state index is 8.80. The van der Waals surface area contributed by atoms with Gasteiger partial charge in [0.1, 0.15) is 0 Å². The van der Waals surface area contributed by atoms with Gasteiger partial charge in [0, 0.05) is 0 Å². The van der Waals surface area contributed by atoms with Crippen LogP contribution in [0.2, 0.25) is 0 Å². The van der Waals surface area contributed by atoms with Gasteiger partial charge in [-0.1, -0.05) is 41.5 Å². The summed E-state index contributed by atoms with van der Waals surface area (Å²) in [6.45, 7) is 13.0. The van der Waals surface area contributed by atoms with Crippen molar-refractivity contribution in [1.82, 2.24) is 0 Å². The van der Waals surface area contributed by atoms with E-state index in [1.54, 1.807) is 0 Å². The molecule has 0 aliphatic rings. The number of hydrogen-bond donors (Lipinski definition) is 1. The van der Waals surface area contributed by atoms with Gasteiger partial charge in [-0.2, -0.15) is 0 Å². The van der Waals surface area contributed by atoms with Gasteiger partial charge < -0.3 is 9.42 Å². The van der Waals surface area contributed by atoms with Crippen molar-refractivity contribution in [1.29, 1.82) is 0 Å². The molecule has 0 fully saturated rings.